The normalized spacial score (nSPS) is 6.57. The molecule has 0 amide bonds. The van der Waals surface area contributed by atoms with Crippen LogP contribution in [0.3, 0.4) is 0 Å². The number of hydrogen-bond donors (Lipinski definition) is 0. The van der Waals surface area contributed by atoms with Gasteiger partial charge in [-0.15, -0.1) is 0 Å². The van der Waals surface area contributed by atoms with Crippen LogP contribution in [0, 0.1) is 13.8 Å². The minimum absolute atomic E-state index is 0. The van der Waals surface area contributed by atoms with Gasteiger partial charge in [0.15, 0.2) is 0 Å². The van der Waals surface area contributed by atoms with Gasteiger partial charge in [-0.05, 0) is 37.1 Å². The van der Waals surface area contributed by atoms with E-state index in [0.29, 0.717) is 0 Å². The Bertz CT molecular complexity index is 460. The molecule has 0 unspecified atom stereocenters. The van der Waals surface area contributed by atoms with Crippen molar-refractivity contribution >= 4 is 34.8 Å². The van der Waals surface area contributed by atoms with Gasteiger partial charge in [0, 0.05) is 24.8 Å². The zero-order valence-corrected chi connectivity index (χ0v) is 16.5. The summed E-state index contributed by atoms with van der Waals surface area (Å²) in [5, 5.41) is 16.9. The topological polar surface area (TPSA) is 70.4 Å². The fourth-order valence-electron chi connectivity index (χ4n) is 0.896. The summed E-state index contributed by atoms with van der Waals surface area (Å²) in [6, 6.07) is 7.89. The van der Waals surface area contributed by atoms with E-state index >= 15 is 0 Å². The van der Waals surface area contributed by atoms with E-state index in [1.807, 2.05) is 50.5 Å². The third kappa shape index (κ3) is 24.0. The summed E-state index contributed by atoms with van der Waals surface area (Å²) in [5.74, 6) is 0. The van der Waals surface area contributed by atoms with Crippen LogP contribution in [0.5, 0.6) is 0 Å². The number of isothiocyanates is 2. The first-order valence-electron chi connectivity index (χ1n) is 5.38. The quantitative estimate of drug-likeness (QED) is 0.399. The number of nitrogens with zero attached hydrogens (tertiary/aromatic N) is 4. The van der Waals surface area contributed by atoms with Gasteiger partial charge in [0.25, 0.3) is 0 Å². The van der Waals surface area contributed by atoms with Gasteiger partial charge in [0.05, 0.1) is 0 Å². The second kappa shape index (κ2) is 20.8. The molecule has 2 rings (SSSR count). The summed E-state index contributed by atoms with van der Waals surface area (Å²) in [6.45, 7) is 4.04. The van der Waals surface area contributed by atoms with Crippen LogP contribution in [0.15, 0.2) is 49.1 Å². The average Bonchev–Trinajstić information content (AvgIpc) is 2.43. The van der Waals surface area contributed by atoms with E-state index in [1.165, 1.54) is 21.4 Å². The third-order valence-corrected chi connectivity index (χ3v) is 1.62. The Morgan fingerprint density at radius 2 is 1.14 bits per heavy atom. The number of rotatable bonds is 0. The molecule has 0 saturated carbocycles. The standard InChI is InChI=1S/2C6H7N.2CNS.Zn/c2*1-6-3-2-4-7-5-6;2*2-1-3;/h2*2-5H,1H3;;;/q;;2*-1;+2. The zero-order chi connectivity index (χ0) is 15.6. The van der Waals surface area contributed by atoms with Gasteiger partial charge in [0.2, 0.25) is 0 Å². The number of aromatic nitrogens is 2. The van der Waals surface area contributed by atoms with E-state index in [4.69, 9.17) is 10.8 Å². The number of aryl methyl sites for hydroxylation is 2. The molecule has 0 aliphatic heterocycles. The minimum Gasteiger partial charge on any atom is -0.753 e. The second-order valence-electron chi connectivity index (χ2n) is 3.24. The SMILES string of the molecule is Cc1cccnc1.Cc1cccnc1.[N-]=C=S.[N-]=C=S.[Zn+2]. The Balaban J connectivity index is -0.000000220. The van der Waals surface area contributed by atoms with Gasteiger partial charge in [-0.3, -0.25) is 9.97 Å². The summed E-state index contributed by atoms with van der Waals surface area (Å²) in [7, 11) is 0. The molecule has 0 atom stereocenters. The van der Waals surface area contributed by atoms with E-state index < -0.39 is 0 Å². The molecule has 2 aromatic heterocycles. The molecule has 0 bridgehead atoms. The van der Waals surface area contributed by atoms with Crippen LogP contribution in [-0.4, -0.2) is 20.3 Å². The van der Waals surface area contributed by atoms with Gasteiger partial charge in [-0.2, -0.15) is 10.3 Å². The molecule has 2 heterocycles. The van der Waals surface area contributed by atoms with Crippen LogP contribution in [0.2, 0.25) is 0 Å². The molecule has 2 aromatic rings. The molecule has 0 aromatic carbocycles. The molecule has 21 heavy (non-hydrogen) atoms. The molecular formula is C14H14N4S2Zn. The Kier molecular flexibility index (Phi) is 24.3. The van der Waals surface area contributed by atoms with Crippen molar-refractivity contribution in [1.29, 1.82) is 0 Å². The molecule has 104 valence electrons. The minimum atomic E-state index is 0. The van der Waals surface area contributed by atoms with Crippen molar-refractivity contribution in [1.82, 2.24) is 9.97 Å². The maximum Gasteiger partial charge on any atom is 2.00 e. The van der Waals surface area contributed by atoms with Crippen LogP contribution < -0.4 is 0 Å². The van der Waals surface area contributed by atoms with E-state index in [1.54, 1.807) is 12.4 Å². The summed E-state index contributed by atoms with van der Waals surface area (Å²) in [5.41, 5.74) is 2.42. The molecule has 0 aliphatic carbocycles. The second-order valence-corrected chi connectivity index (χ2v) is 3.61. The van der Waals surface area contributed by atoms with Crippen LogP contribution >= 0.6 is 24.4 Å². The van der Waals surface area contributed by atoms with Crippen LogP contribution in [-0.2, 0) is 19.5 Å². The van der Waals surface area contributed by atoms with Gasteiger partial charge in [-0.25, -0.2) is 0 Å². The molecule has 0 aliphatic rings. The van der Waals surface area contributed by atoms with Crippen molar-refractivity contribution in [3.8, 4) is 0 Å². The van der Waals surface area contributed by atoms with E-state index in [2.05, 4.69) is 34.4 Å². The number of thiocarbonyl (C=S) groups is 2. The Hall–Kier alpha value is -1.48. The maximum atomic E-state index is 7.13. The summed E-state index contributed by atoms with van der Waals surface area (Å²) < 4.78 is 0. The van der Waals surface area contributed by atoms with Crippen molar-refractivity contribution in [2.24, 2.45) is 0 Å². The predicted octanol–water partition coefficient (Wildman–Crippen LogP) is 4.09. The molecule has 0 saturated heterocycles. The van der Waals surface area contributed by atoms with Gasteiger partial charge >= 0.3 is 19.5 Å². The molecule has 0 spiro atoms. The van der Waals surface area contributed by atoms with Crippen molar-refractivity contribution in [3.05, 3.63) is 71.0 Å². The predicted molar refractivity (Wildman–Crippen MR) is 89.9 cm³/mol. The largest absolute Gasteiger partial charge is 2.00 e. The average molecular weight is 368 g/mol. The maximum absolute atomic E-state index is 7.13. The van der Waals surface area contributed by atoms with E-state index in [9.17, 15) is 0 Å². The molecule has 0 radical (unpaired) electrons. The Morgan fingerprint density at radius 3 is 1.24 bits per heavy atom. The van der Waals surface area contributed by atoms with E-state index in [-0.39, 0.29) is 19.5 Å². The van der Waals surface area contributed by atoms with E-state index in [0.717, 1.165) is 0 Å². The van der Waals surface area contributed by atoms with Crippen LogP contribution in [0.25, 0.3) is 10.8 Å². The summed E-state index contributed by atoms with van der Waals surface area (Å²) in [4.78, 5) is 7.77. The fourth-order valence-corrected chi connectivity index (χ4v) is 0.896. The number of hydrogen-bond acceptors (Lipinski definition) is 4. The molecule has 0 fully saturated rings. The molecule has 7 heteroatoms. The van der Waals surface area contributed by atoms with Gasteiger partial charge < -0.3 is 10.8 Å². The molecule has 4 nitrogen and oxygen atoms in total. The zero-order valence-electron chi connectivity index (χ0n) is 11.9. The van der Waals surface area contributed by atoms with Gasteiger partial charge in [-0.1, -0.05) is 36.6 Å². The first-order valence-corrected chi connectivity index (χ1v) is 6.19. The fraction of sp³-hybridized carbons (Fsp3) is 0.143. The summed E-state index contributed by atoms with van der Waals surface area (Å²) >= 11 is 7.40. The Morgan fingerprint density at radius 1 is 0.857 bits per heavy atom. The number of pyridine rings is 2. The third-order valence-electron chi connectivity index (χ3n) is 1.62. The first-order chi connectivity index (χ1) is 9.62. The van der Waals surface area contributed by atoms with Crippen LogP contribution in [0.4, 0.5) is 0 Å². The first kappa shape index (κ1) is 24.5. The van der Waals surface area contributed by atoms with Gasteiger partial charge in [0.1, 0.15) is 0 Å². The smallest absolute Gasteiger partial charge is 0.753 e. The van der Waals surface area contributed by atoms with Crippen molar-refractivity contribution < 1.29 is 19.5 Å². The van der Waals surface area contributed by atoms with Crippen molar-refractivity contribution in [2.75, 3.05) is 0 Å². The van der Waals surface area contributed by atoms with Crippen molar-refractivity contribution in [3.63, 3.8) is 0 Å². The monoisotopic (exact) mass is 366 g/mol. The summed E-state index contributed by atoms with van der Waals surface area (Å²) in [6.07, 6.45) is 7.21. The van der Waals surface area contributed by atoms with Crippen molar-refractivity contribution in [2.45, 2.75) is 13.8 Å². The molecular weight excluding hydrogens is 354 g/mol. The van der Waals surface area contributed by atoms with Crippen LogP contribution in [0.1, 0.15) is 11.1 Å². The Labute approximate surface area is 148 Å². The molecule has 0 N–H and O–H groups in total.